The third kappa shape index (κ3) is 3.95. The van der Waals surface area contributed by atoms with E-state index >= 15 is 0 Å². The van der Waals surface area contributed by atoms with Gasteiger partial charge in [-0.2, -0.15) is 4.31 Å². The van der Waals surface area contributed by atoms with Gasteiger partial charge in [0.05, 0.1) is 6.26 Å². The van der Waals surface area contributed by atoms with Gasteiger partial charge < -0.3 is 5.32 Å². The maximum atomic E-state index is 13.7. The molecule has 2 aromatic carbocycles. The molecule has 0 spiro atoms. The molecule has 1 atom stereocenters. The Morgan fingerprint density at radius 3 is 2.08 bits per heavy atom. The van der Waals surface area contributed by atoms with Crippen LogP contribution in [0.25, 0.3) is 0 Å². The van der Waals surface area contributed by atoms with E-state index in [0.29, 0.717) is 5.56 Å². The number of nitrogens with one attached hydrogen (secondary N) is 1. The molecule has 5 nitrogen and oxygen atoms in total. The number of hydrogen-bond donors (Lipinski definition) is 1. The summed E-state index contributed by atoms with van der Waals surface area (Å²) in [5, 5.41) is 2.14. The predicted molar refractivity (Wildman–Crippen MR) is 86.8 cm³/mol. The molecular formula is C16H16F2N2O3S. The fourth-order valence-electron chi connectivity index (χ4n) is 2.16. The number of hydrogen-bond acceptors (Lipinski definition) is 3. The quantitative estimate of drug-likeness (QED) is 0.897. The highest BCUT2D eigenvalue weighted by atomic mass is 32.2. The van der Waals surface area contributed by atoms with Crippen LogP contribution in [0.15, 0.2) is 48.5 Å². The van der Waals surface area contributed by atoms with E-state index in [1.165, 1.54) is 7.05 Å². The summed E-state index contributed by atoms with van der Waals surface area (Å²) in [5.74, 6) is -2.76. The van der Waals surface area contributed by atoms with Gasteiger partial charge in [0.25, 0.3) is 0 Å². The van der Waals surface area contributed by atoms with Gasteiger partial charge in [-0.25, -0.2) is 17.2 Å². The van der Waals surface area contributed by atoms with Gasteiger partial charge in [-0.3, -0.25) is 4.79 Å². The minimum absolute atomic E-state index is 0.375. The number of benzene rings is 2. The van der Waals surface area contributed by atoms with Crippen LogP contribution in [-0.4, -0.2) is 31.9 Å². The molecule has 0 aromatic heterocycles. The fraction of sp³-hybridized carbons (Fsp3) is 0.188. The Morgan fingerprint density at radius 2 is 1.58 bits per heavy atom. The fourth-order valence-corrected chi connectivity index (χ4v) is 2.76. The number of para-hydroxylation sites is 1. The highest BCUT2D eigenvalue weighted by Gasteiger charge is 2.31. The topological polar surface area (TPSA) is 66.5 Å². The van der Waals surface area contributed by atoms with E-state index in [1.807, 2.05) is 0 Å². The second-order valence-electron chi connectivity index (χ2n) is 5.18. The lowest BCUT2D eigenvalue weighted by Crippen LogP contribution is -2.38. The van der Waals surface area contributed by atoms with Gasteiger partial charge in [0, 0.05) is 7.05 Å². The zero-order chi connectivity index (χ0) is 17.9. The lowest BCUT2D eigenvalue weighted by molar-refractivity contribution is -0.119. The first kappa shape index (κ1) is 18.0. The molecule has 0 aliphatic rings. The SMILES string of the molecule is CN(C(C(=O)Nc1c(F)cccc1F)c1ccccc1)S(C)(=O)=O. The smallest absolute Gasteiger partial charge is 0.247 e. The van der Waals surface area contributed by atoms with Crippen LogP contribution in [-0.2, 0) is 14.8 Å². The van der Waals surface area contributed by atoms with Crippen LogP contribution < -0.4 is 5.32 Å². The summed E-state index contributed by atoms with van der Waals surface area (Å²) in [5.41, 5.74) is -0.245. The summed E-state index contributed by atoms with van der Waals surface area (Å²) in [6, 6.07) is 9.98. The van der Waals surface area contributed by atoms with Crippen LogP contribution in [0.1, 0.15) is 11.6 Å². The van der Waals surface area contributed by atoms with E-state index in [0.717, 1.165) is 28.8 Å². The number of rotatable bonds is 5. The molecular weight excluding hydrogens is 338 g/mol. The van der Waals surface area contributed by atoms with E-state index < -0.39 is 39.3 Å². The Kier molecular flexibility index (Phi) is 5.30. The number of sulfonamides is 1. The Balaban J connectivity index is 2.42. The van der Waals surface area contributed by atoms with E-state index in [4.69, 9.17) is 0 Å². The summed E-state index contributed by atoms with van der Waals surface area (Å²) >= 11 is 0. The predicted octanol–water partition coefficient (Wildman–Crippen LogP) is 2.54. The minimum Gasteiger partial charge on any atom is -0.319 e. The molecule has 1 amide bonds. The lowest BCUT2D eigenvalue weighted by atomic mass is 10.1. The van der Waals surface area contributed by atoms with E-state index in [1.54, 1.807) is 30.3 Å². The van der Waals surface area contributed by atoms with Gasteiger partial charge in [-0.1, -0.05) is 36.4 Å². The Bertz CT molecular complexity index is 821. The van der Waals surface area contributed by atoms with Gasteiger partial charge in [-0.05, 0) is 17.7 Å². The van der Waals surface area contributed by atoms with Crippen molar-refractivity contribution in [2.24, 2.45) is 0 Å². The third-order valence-corrected chi connectivity index (χ3v) is 4.72. The molecule has 8 heteroatoms. The third-order valence-electron chi connectivity index (χ3n) is 3.46. The van der Waals surface area contributed by atoms with Gasteiger partial charge >= 0.3 is 0 Å². The first-order valence-electron chi connectivity index (χ1n) is 6.94. The maximum Gasteiger partial charge on any atom is 0.247 e. The zero-order valence-corrected chi connectivity index (χ0v) is 13.8. The number of amides is 1. The van der Waals surface area contributed by atoms with Crippen LogP contribution in [0.3, 0.4) is 0 Å². The van der Waals surface area contributed by atoms with Crippen LogP contribution in [0.2, 0.25) is 0 Å². The van der Waals surface area contributed by atoms with Gasteiger partial charge in [-0.15, -0.1) is 0 Å². The van der Waals surface area contributed by atoms with E-state index in [2.05, 4.69) is 5.32 Å². The van der Waals surface area contributed by atoms with Crippen molar-refractivity contribution in [3.05, 3.63) is 65.7 Å². The molecule has 24 heavy (non-hydrogen) atoms. The molecule has 0 saturated heterocycles. The minimum atomic E-state index is -3.72. The van der Waals surface area contributed by atoms with Crippen molar-refractivity contribution in [3.63, 3.8) is 0 Å². The summed E-state index contributed by atoms with van der Waals surface area (Å²) in [7, 11) is -2.50. The molecule has 0 heterocycles. The average molecular weight is 354 g/mol. The number of nitrogens with zero attached hydrogens (tertiary/aromatic N) is 1. The monoisotopic (exact) mass is 354 g/mol. The molecule has 2 rings (SSSR count). The molecule has 0 aliphatic heterocycles. The Labute approximate surface area is 139 Å². The average Bonchev–Trinajstić information content (AvgIpc) is 2.51. The molecule has 2 aromatic rings. The maximum absolute atomic E-state index is 13.7. The Morgan fingerprint density at radius 1 is 1.04 bits per heavy atom. The Hall–Kier alpha value is -2.32. The van der Waals surface area contributed by atoms with Crippen molar-refractivity contribution in [2.45, 2.75) is 6.04 Å². The van der Waals surface area contributed by atoms with Crippen LogP contribution in [0.4, 0.5) is 14.5 Å². The summed E-state index contributed by atoms with van der Waals surface area (Å²) in [6.07, 6.45) is 0.944. The van der Waals surface area contributed by atoms with Gasteiger partial charge in [0.1, 0.15) is 23.4 Å². The molecule has 1 unspecified atom stereocenters. The molecule has 128 valence electrons. The number of anilines is 1. The number of carbonyl (C=O) groups excluding carboxylic acids is 1. The van der Waals surface area contributed by atoms with Crippen molar-refractivity contribution in [1.82, 2.24) is 4.31 Å². The lowest BCUT2D eigenvalue weighted by Gasteiger charge is -2.25. The first-order valence-corrected chi connectivity index (χ1v) is 8.79. The second-order valence-corrected chi connectivity index (χ2v) is 7.22. The van der Waals surface area contributed by atoms with Crippen LogP contribution >= 0.6 is 0 Å². The van der Waals surface area contributed by atoms with Crippen molar-refractivity contribution in [3.8, 4) is 0 Å². The second kappa shape index (κ2) is 7.06. The van der Waals surface area contributed by atoms with Crippen molar-refractivity contribution >= 4 is 21.6 Å². The summed E-state index contributed by atoms with van der Waals surface area (Å²) < 4.78 is 52.0. The summed E-state index contributed by atoms with van der Waals surface area (Å²) in [4.78, 5) is 12.6. The van der Waals surface area contributed by atoms with Crippen LogP contribution in [0, 0.1) is 11.6 Å². The van der Waals surface area contributed by atoms with E-state index in [9.17, 15) is 22.0 Å². The van der Waals surface area contributed by atoms with E-state index in [-0.39, 0.29) is 0 Å². The van der Waals surface area contributed by atoms with Crippen molar-refractivity contribution in [2.75, 3.05) is 18.6 Å². The number of likely N-dealkylation sites (N-methyl/N-ethyl adjacent to an activating group) is 1. The van der Waals surface area contributed by atoms with Crippen LogP contribution in [0.5, 0.6) is 0 Å². The summed E-state index contributed by atoms with van der Waals surface area (Å²) in [6.45, 7) is 0. The number of halogens is 2. The molecule has 0 fully saturated rings. The van der Waals surface area contributed by atoms with Gasteiger partial charge in [0.15, 0.2) is 0 Å². The molecule has 0 aliphatic carbocycles. The highest BCUT2D eigenvalue weighted by Crippen LogP contribution is 2.25. The largest absolute Gasteiger partial charge is 0.319 e. The zero-order valence-electron chi connectivity index (χ0n) is 13.0. The van der Waals surface area contributed by atoms with Crippen molar-refractivity contribution in [1.29, 1.82) is 0 Å². The number of carbonyl (C=O) groups is 1. The van der Waals surface area contributed by atoms with Crippen molar-refractivity contribution < 1.29 is 22.0 Å². The molecule has 1 N–H and O–H groups in total. The molecule has 0 saturated carbocycles. The molecule has 0 radical (unpaired) electrons. The standard InChI is InChI=1S/C16H16F2N2O3S/c1-20(24(2,22)23)15(11-7-4-3-5-8-11)16(21)19-14-12(17)9-6-10-13(14)18/h3-10,15H,1-2H3,(H,19,21). The van der Waals surface area contributed by atoms with Gasteiger partial charge in [0.2, 0.25) is 15.9 Å². The normalized spacial score (nSPS) is 12.9. The molecule has 0 bridgehead atoms. The highest BCUT2D eigenvalue weighted by molar-refractivity contribution is 7.88. The first-order chi connectivity index (χ1) is 11.2.